The standard InChI is InChI=1S/C20H26O6.C2H6.CH5N/c1-5-24-12-7-6-10-15-18(26-19(10)23)16(22)14-11(20(12,15)4)8-13(21)25-17(14)9(2)3;2*1-2/h8-10,12,15-16,18,22H,5-7H2,1-4H3;1-2H3;2H2,1H3. The number of nitrogens with two attached hydrogens (primary N) is 1. The molecule has 1 aromatic heterocycles. The van der Waals surface area contributed by atoms with Gasteiger partial charge in [-0.2, -0.15) is 0 Å². The Kier molecular flexibility index (Phi) is 7.88. The Balaban J connectivity index is 0.000000757. The number of esters is 1. The van der Waals surface area contributed by atoms with Gasteiger partial charge in [0.25, 0.3) is 0 Å². The molecule has 7 nitrogen and oxygen atoms in total. The largest absolute Gasteiger partial charge is 0.459 e. The monoisotopic (exact) mass is 423 g/mol. The van der Waals surface area contributed by atoms with Gasteiger partial charge < -0.3 is 24.7 Å². The van der Waals surface area contributed by atoms with Crippen LogP contribution in [0.1, 0.15) is 83.3 Å². The smallest absolute Gasteiger partial charge is 0.336 e. The number of hydrogen-bond donors (Lipinski definition) is 2. The first kappa shape index (κ1) is 24.6. The Morgan fingerprint density at radius 2 is 1.90 bits per heavy atom. The lowest BCUT2D eigenvalue weighted by Gasteiger charge is -2.53. The van der Waals surface area contributed by atoms with Crippen molar-refractivity contribution in [1.82, 2.24) is 0 Å². The minimum Gasteiger partial charge on any atom is -0.459 e. The van der Waals surface area contributed by atoms with Gasteiger partial charge in [-0.25, -0.2) is 4.79 Å². The summed E-state index contributed by atoms with van der Waals surface area (Å²) in [5.41, 5.74) is 4.85. The average molecular weight is 424 g/mol. The average Bonchev–Trinajstić information content (AvgIpc) is 3.09. The molecule has 2 heterocycles. The number of hydrogen-bond acceptors (Lipinski definition) is 7. The van der Waals surface area contributed by atoms with Gasteiger partial charge in [-0.1, -0.05) is 34.6 Å². The highest BCUT2D eigenvalue weighted by atomic mass is 16.6. The van der Waals surface area contributed by atoms with Crippen molar-refractivity contribution in [2.45, 2.75) is 84.0 Å². The number of carbonyl (C=O) groups excluding carboxylic acids is 1. The molecule has 1 aliphatic heterocycles. The molecular formula is C23H37NO6. The van der Waals surface area contributed by atoms with Crippen molar-refractivity contribution in [3.63, 3.8) is 0 Å². The van der Waals surface area contributed by atoms with E-state index in [1.54, 1.807) is 0 Å². The van der Waals surface area contributed by atoms with E-state index in [-0.39, 0.29) is 29.8 Å². The van der Waals surface area contributed by atoms with Gasteiger partial charge >= 0.3 is 11.6 Å². The fraction of sp³-hybridized carbons (Fsp3) is 0.739. The Morgan fingerprint density at radius 1 is 1.27 bits per heavy atom. The van der Waals surface area contributed by atoms with Gasteiger partial charge in [-0.15, -0.1) is 0 Å². The maximum atomic E-state index is 12.5. The van der Waals surface area contributed by atoms with Gasteiger partial charge in [0.1, 0.15) is 18.0 Å². The van der Waals surface area contributed by atoms with Crippen LogP contribution >= 0.6 is 0 Å². The molecule has 6 unspecified atom stereocenters. The van der Waals surface area contributed by atoms with Crippen LogP contribution in [0.3, 0.4) is 0 Å². The third-order valence-electron chi connectivity index (χ3n) is 6.55. The molecule has 0 radical (unpaired) electrons. The van der Waals surface area contributed by atoms with Crippen molar-refractivity contribution in [3.8, 4) is 0 Å². The Hall–Kier alpha value is -1.70. The Bertz CT molecular complexity index is 803. The molecule has 0 aromatic carbocycles. The van der Waals surface area contributed by atoms with Crippen LogP contribution < -0.4 is 11.4 Å². The highest BCUT2D eigenvalue weighted by molar-refractivity contribution is 5.77. The quantitative estimate of drug-likeness (QED) is 0.719. The predicted octanol–water partition coefficient (Wildman–Crippen LogP) is 3.03. The fourth-order valence-corrected chi connectivity index (χ4v) is 5.51. The second-order valence-corrected chi connectivity index (χ2v) is 8.19. The summed E-state index contributed by atoms with van der Waals surface area (Å²) in [5.74, 6) is -0.322. The van der Waals surface area contributed by atoms with Crippen LogP contribution in [-0.4, -0.2) is 36.9 Å². The summed E-state index contributed by atoms with van der Waals surface area (Å²) in [7, 11) is 1.50. The van der Waals surface area contributed by atoms with E-state index >= 15 is 0 Å². The van der Waals surface area contributed by atoms with E-state index < -0.39 is 23.2 Å². The topological polar surface area (TPSA) is 112 Å². The number of carbonyl (C=O) groups is 1. The summed E-state index contributed by atoms with van der Waals surface area (Å²) >= 11 is 0. The SMILES string of the molecule is CC.CCOC1CCC2C(=O)OC3C(O)c4c(cc(=O)oc4C(C)C)C1(C)C23.CN. The maximum absolute atomic E-state index is 12.5. The first-order valence-electron chi connectivity index (χ1n) is 11.1. The number of aliphatic hydroxyl groups is 1. The molecule has 1 saturated heterocycles. The molecule has 7 heteroatoms. The van der Waals surface area contributed by atoms with Crippen LogP contribution in [-0.2, 0) is 19.7 Å². The number of rotatable bonds is 3. The molecule has 6 atom stereocenters. The van der Waals surface area contributed by atoms with Crippen molar-refractivity contribution >= 4 is 5.97 Å². The third kappa shape index (κ3) is 3.61. The van der Waals surface area contributed by atoms with Crippen molar-refractivity contribution in [3.05, 3.63) is 33.4 Å². The van der Waals surface area contributed by atoms with E-state index in [4.69, 9.17) is 13.9 Å². The molecule has 0 amide bonds. The van der Waals surface area contributed by atoms with Crippen LogP contribution in [0.25, 0.3) is 0 Å². The normalized spacial score (nSPS) is 33.4. The van der Waals surface area contributed by atoms with Gasteiger partial charge in [-0.05, 0) is 32.4 Å². The highest BCUT2D eigenvalue weighted by Gasteiger charge is 2.65. The number of fused-ring (bicyclic) bond motifs is 2. The van der Waals surface area contributed by atoms with E-state index in [0.717, 1.165) is 12.0 Å². The van der Waals surface area contributed by atoms with Crippen molar-refractivity contribution in [2.24, 2.45) is 17.6 Å². The second-order valence-electron chi connectivity index (χ2n) is 8.19. The van der Waals surface area contributed by atoms with E-state index in [1.165, 1.54) is 13.1 Å². The first-order chi connectivity index (χ1) is 14.3. The lowest BCUT2D eigenvalue weighted by atomic mass is 9.53. The lowest BCUT2D eigenvalue weighted by Crippen LogP contribution is -2.57. The molecule has 0 spiro atoms. The zero-order chi connectivity index (χ0) is 22.8. The van der Waals surface area contributed by atoms with Crippen molar-refractivity contribution in [1.29, 1.82) is 0 Å². The van der Waals surface area contributed by atoms with Crippen LogP contribution in [0, 0.1) is 11.8 Å². The Morgan fingerprint density at radius 3 is 2.47 bits per heavy atom. The molecular weight excluding hydrogens is 386 g/mol. The maximum Gasteiger partial charge on any atom is 0.336 e. The summed E-state index contributed by atoms with van der Waals surface area (Å²) in [6, 6.07) is 1.48. The summed E-state index contributed by atoms with van der Waals surface area (Å²) < 4.78 is 17.2. The minimum absolute atomic E-state index is 0.0746. The first-order valence-corrected chi connectivity index (χ1v) is 11.1. The lowest BCUT2D eigenvalue weighted by molar-refractivity contribution is -0.148. The van der Waals surface area contributed by atoms with Gasteiger partial charge in [0, 0.05) is 35.5 Å². The predicted molar refractivity (Wildman–Crippen MR) is 114 cm³/mol. The summed E-state index contributed by atoms with van der Waals surface area (Å²) in [4.78, 5) is 24.8. The molecule has 170 valence electrons. The summed E-state index contributed by atoms with van der Waals surface area (Å²) in [6.07, 6.45) is -0.350. The summed E-state index contributed by atoms with van der Waals surface area (Å²) in [5, 5.41) is 11.1. The molecule has 30 heavy (non-hydrogen) atoms. The molecule has 1 aromatic rings. The molecule has 4 rings (SSSR count). The van der Waals surface area contributed by atoms with Crippen molar-refractivity contribution < 1.29 is 23.8 Å². The van der Waals surface area contributed by atoms with E-state index in [1.807, 2.05) is 41.5 Å². The van der Waals surface area contributed by atoms with E-state index in [2.05, 4.69) is 5.73 Å². The summed E-state index contributed by atoms with van der Waals surface area (Å²) in [6.45, 7) is 12.4. The third-order valence-corrected chi connectivity index (χ3v) is 6.55. The zero-order valence-corrected chi connectivity index (χ0v) is 19.2. The molecule has 1 saturated carbocycles. The van der Waals surface area contributed by atoms with Gasteiger partial charge in [0.15, 0.2) is 0 Å². The van der Waals surface area contributed by atoms with Gasteiger partial charge in [0.05, 0.1) is 12.0 Å². The molecule has 2 fully saturated rings. The van der Waals surface area contributed by atoms with E-state index in [9.17, 15) is 14.7 Å². The van der Waals surface area contributed by atoms with Crippen molar-refractivity contribution in [2.75, 3.05) is 13.7 Å². The van der Waals surface area contributed by atoms with Gasteiger partial charge in [0.2, 0.25) is 0 Å². The molecule has 3 N–H and O–H groups in total. The minimum atomic E-state index is -0.987. The van der Waals surface area contributed by atoms with E-state index in [0.29, 0.717) is 24.4 Å². The number of ether oxygens (including phenoxy) is 2. The van der Waals surface area contributed by atoms with Crippen LogP contribution in [0.4, 0.5) is 0 Å². The molecule has 3 aliphatic rings. The fourth-order valence-electron chi connectivity index (χ4n) is 5.51. The van der Waals surface area contributed by atoms with Crippen LogP contribution in [0.15, 0.2) is 15.3 Å². The Labute approximate surface area is 178 Å². The van der Waals surface area contributed by atoms with Gasteiger partial charge in [-0.3, -0.25) is 4.79 Å². The van der Waals surface area contributed by atoms with Crippen LogP contribution in [0.2, 0.25) is 0 Å². The second kappa shape index (κ2) is 9.62. The van der Waals surface area contributed by atoms with Crippen LogP contribution in [0.5, 0.6) is 0 Å². The number of aliphatic hydroxyl groups excluding tert-OH is 1. The molecule has 0 bridgehead atoms. The highest BCUT2D eigenvalue weighted by Crippen LogP contribution is 2.59. The zero-order valence-electron chi connectivity index (χ0n) is 19.2. The molecule has 2 aliphatic carbocycles.